The van der Waals surface area contributed by atoms with Crippen LogP contribution in [-0.4, -0.2) is 32.6 Å². The van der Waals surface area contributed by atoms with Crippen LogP contribution in [-0.2, 0) is 26.2 Å². The second-order valence-corrected chi connectivity index (χ2v) is 8.72. The zero-order valence-corrected chi connectivity index (χ0v) is 19.9. The van der Waals surface area contributed by atoms with Crippen molar-refractivity contribution in [3.63, 3.8) is 0 Å². The zero-order valence-electron chi connectivity index (χ0n) is 19.9. The van der Waals surface area contributed by atoms with Crippen LogP contribution in [0.4, 0.5) is 10.5 Å². The molecular weight excluding hydrogens is 470 g/mol. The number of para-hydroxylation sites is 1. The van der Waals surface area contributed by atoms with Crippen LogP contribution in [0.3, 0.4) is 0 Å². The van der Waals surface area contributed by atoms with Gasteiger partial charge in [-0.1, -0.05) is 36.4 Å². The van der Waals surface area contributed by atoms with Crippen molar-refractivity contribution in [3.8, 4) is 0 Å². The highest BCUT2D eigenvalue weighted by Gasteiger charge is 2.27. The number of amides is 3. The number of rotatable bonds is 6. The molecule has 0 unspecified atom stereocenters. The minimum atomic E-state index is -1.10. The van der Waals surface area contributed by atoms with Crippen molar-refractivity contribution in [2.45, 2.75) is 26.2 Å². The number of hydrogen-bond donors (Lipinski definition) is 3. The minimum absolute atomic E-state index is 0.162. The summed E-state index contributed by atoms with van der Waals surface area (Å²) in [4.78, 5) is 43.2. The van der Waals surface area contributed by atoms with Gasteiger partial charge in [-0.25, -0.2) is 4.79 Å². The van der Waals surface area contributed by atoms with Gasteiger partial charge in [0.2, 0.25) is 0 Å². The molecule has 0 saturated heterocycles. The minimum Gasteiger partial charge on any atom is -0.465 e. The summed E-state index contributed by atoms with van der Waals surface area (Å²) in [7, 11) is 0. The molecule has 3 amide bonds. The summed E-state index contributed by atoms with van der Waals surface area (Å²) in [5.74, 6) is -0.375. The Balaban J connectivity index is 1.40. The Labute approximate surface area is 213 Å². The third-order valence-corrected chi connectivity index (χ3v) is 6.30. The number of aromatic nitrogens is 2. The fraction of sp³-hybridized carbons (Fsp3) is 0.143. The van der Waals surface area contributed by atoms with Crippen molar-refractivity contribution in [2.75, 3.05) is 4.90 Å². The van der Waals surface area contributed by atoms with Crippen molar-refractivity contribution in [3.05, 3.63) is 119 Å². The normalized spacial score (nSPS) is 12.2. The monoisotopic (exact) mass is 495 g/mol. The summed E-state index contributed by atoms with van der Waals surface area (Å²) in [6.45, 7) is 1.29. The smallest absolute Gasteiger partial charge is 0.404 e. The molecule has 37 heavy (non-hydrogen) atoms. The van der Waals surface area contributed by atoms with Gasteiger partial charge in [0.15, 0.2) is 0 Å². The number of nitrogens with zero attached hydrogens (tertiary/aromatic N) is 3. The molecular formula is C28H25N5O4. The van der Waals surface area contributed by atoms with Crippen LogP contribution in [0, 0.1) is 0 Å². The standard InChI is InChI=1S/C28H25N5O4/c34-26(30-16-20-4-3-13-29-14-20)25-12-11-23-18-33(24-6-2-1-5-22(24)17-32(23)25)27(35)21-9-7-19(8-10-21)15-31-28(36)37/h1-14,31H,15-18H2,(H,30,34)(H,36,37). The molecule has 1 aliphatic rings. The van der Waals surface area contributed by atoms with Gasteiger partial charge in [0.1, 0.15) is 5.69 Å². The lowest BCUT2D eigenvalue weighted by Gasteiger charge is -2.23. The van der Waals surface area contributed by atoms with Crippen LogP contribution in [0.1, 0.15) is 43.2 Å². The Kier molecular flexibility index (Phi) is 6.67. The first-order chi connectivity index (χ1) is 18.0. The van der Waals surface area contributed by atoms with Gasteiger partial charge in [0.05, 0.1) is 13.1 Å². The van der Waals surface area contributed by atoms with Crippen LogP contribution in [0.5, 0.6) is 0 Å². The molecule has 2 aromatic carbocycles. The average Bonchev–Trinajstić information content (AvgIpc) is 3.24. The van der Waals surface area contributed by atoms with Crippen molar-refractivity contribution >= 4 is 23.6 Å². The lowest BCUT2D eigenvalue weighted by molar-refractivity contribution is 0.0941. The third-order valence-electron chi connectivity index (χ3n) is 6.30. The van der Waals surface area contributed by atoms with Gasteiger partial charge < -0.3 is 25.2 Å². The van der Waals surface area contributed by atoms with E-state index >= 15 is 0 Å². The number of fused-ring (bicyclic) bond motifs is 2. The molecule has 0 radical (unpaired) electrons. The molecule has 0 atom stereocenters. The molecule has 4 aromatic rings. The van der Waals surface area contributed by atoms with Crippen LogP contribution < -0.4 is 15.5 Å². The van der Waals surface area contributed by atoms with E-state index in [0.29, 0.717) is 30.9 Å². The van der Waals surface area contributed by atoms with E-state index in [1.54, 1.807) is 47.6 Å². The third kappa shape index (κ3) is 5.20. The maximum atomic E-state index is 13.6. The molecule has 0 saturated carbocycles. The fourth-order valence-corrected chi connectivity index (χ4v) is 4.41. The highest BCUT2D eigenvalue weighted by molar-refractivity contribution is 6.06. The molecule has 1 aliphatic heterocycles. The van der Waals surface area contributed by atoms with Gasteiger partial charge in [-0.15, -0.1) is 0 Å². The Bertz CT molecular complexity index is 1450. The van der Waals surface area contributed by atoms with Crippen molar-refractivity contribution in [1.29, 1.82) is 0 Å². The molecule has 5 rings (SSSR count). The van der Waals surface area contributed by atoms with Crippen LogP contribution in [0.2, 0.25) is 0 Å². The first-order valence-electron chi connectivity index (χ1n) is 11.8. The summed E-state index contributed by atoms with van der Waals surface area (Å²) in [6, 6.07) is 22.0. The molecule has 0 spiro atoms. The van der Waals surface area contributed by atoms with Gasteiger partial charge >= 0.3 is 6.09 Å². The molecule has 0 bridgehead atoms. The van der Waals surface area contributed by atoms with E-state index in [4.69, 9.17) is 5.11 Å². The molecule has 0 fully saturated rings. The maximum Gasteiger partial charge on any atom is 0.404 e. The number of carboxylic acid groups (broad SMARTS) is 1. The second kappa shape index (κ2) is 10.4. The van der Waals surface area contributed by atoms with Gasteiger partial charge in [-0.2, -0.15) is 0 Å². The van der Waals surface area contributed by atoms with Gasteiger partial charge in [-0.3, -0.25) is 14.6 Å². The van der Waals surface area contributed by atoms with E-state index < -0.39 is 6.09 Å². The Morgan fingerprint density at radius 3 is 2.38 bits per heavy atom. The van der Waals surface area contributed by atoms with Crippen LogP contribution in [0.25, 0.3) is 0 Å². The van der Waals surface area contributed by atoms with E-state index in [1.807, 2.05) is 47.0 Å². The summed E-state index contributed by atoms with van der Waals surface area (Å²) in [5, 5.41) is 14.1. The number of carbonyl (C=O) groups excluding carboxylic acids is 2. The molecule has 9 heteroatoms. The van der Waals surface area contributed by atoms with Gasteiger partial charge in [0.25, 0.3) is 11.8 Å². The van der Waals surface area contributed by atoms with Gasteiger partial charge in [0, 0.05) is 42.4 Å². The lowest BCUT2D eigenvalue weighted by atomic mass is 10.1. The van der Waals surface area contributed by atoms with E-state index in [1.165, 1.54) is 0 Å². The van der Waals surface area contributed by atoms with Gasteiger partial charge in [-0.05, 0) is 53.1 Å². The average molecular weight is 496 g/mol. The SMILES string of the molecule is O=C(O)NCc1ccc(C(=O)N2Cc3ccc(C(=O)NCc4cccnc4)n3Cc3ccccc32)cc1. The topological polar surface area (TPSA) is 117 Å². The summed E-state index contributed by atoms with van der Waals surface area (Å²) in [6.07, 6.45) is 2.30. The predicted octanol–water partition coefficient (Wildman–Crippen LogP) is 3.79. The summed E-state index contributed by atoms with van der Waals surface area (Å²) in [5.41, 5.74) is 5.24. The van der Waals surface area contributed by atoms with Crippen molar-refractivity contribution < 1.29 is 19.5 Å². The van der Waals surface area contributed by atoms with Crippen LogP contribution in [0.15, 0.2) is 85.2 Å². The molecule has 186 valence electrons. The van der Waals surface area contributed by atoms with E-state index in [0.717, 1.165) is 28.1 Å². The maximum absolute atomic E-state index is 13.6. The number of hydrogen-bond acceptors (Lipinski definition) is 4. The first kappa shape index (κ1) is 23.8. The molecule has 0 aliphatic carbocycles. The second-order valence-electron chi connectivity index (χ2n) is 8.72. The summed E-state index contributed by atoms with van der Waals surface area (Å²) >= 11 is 0. The highest BCUT2D eigenvalue weighted by Crippen LogP contribution is 2.30. The highest BCUT2D eigenvalue weighted by atomic mass is 16.4. The predicted molar refractivity (Wildman–Crippen MR) is 137 cm³/mol. The van der Waals surface area contributed by atoms with E-state index in [9.17, 15) is 14.4 Å². The quantitative estimate of drug-likeness (QED) is 0.376. The molecule has 3 heterocycles. The fourth-order valence-electron chi connectivity index (χ4n) is 4.41. The van der Waals surface area contributed by atoms with Crippen molar-refractivity contribution in [2.24, 2.45) is 0 Å². The first-order valence-corrected chi connectivity index (χ1v) is 11.8. The number of benzene rings is 2. The Morgan fingerprint density at radius 2 is 1.62 bits per heavy atom. The lowest BCUT2D eigenvalue weighted by Crippen LogP contribution is -2.30. The Morgan fingerprint density at radius 1 is 0.838 bits per heavy atom. The number of pyridine rings is 1. The number of anilines is 1. The Hall–Kier alpha value is -4.92. The van der Waals surface area contributed by atoms with Crippen molar-refractivity contribution in [1.82, 2.24) is 20.2 Å². The zero-order chi connectivity index (χ0) is 25.8. The van der Waals surface area contributed by atoms with Crippen LogP contribution >= 0.6 is 0 Å². The van der Waals surface area contributed by atoms with E-state index in [-0.39, 0.29) is 18.4 Å². The largest absolute Gasteiger partial charge is 0.465 e. The molecule has 9 nitrogen and oxygen atoms in total. The number of carbonyl (C=O) groups is 3. The van der Waals surface area contributed by atoms with E-state index in [2.05, 4.69) is 15.6 Å². The molecule has 2 aromatic heterocycles. The molecule has 3 N–H and O–H groups in total. The summed E-state index contributed by atoms with van der Waals surface area (Å²) < 4.78 is 1.95. The number of nitrogens with one attached hydrogen (secondary N) is 2.